The van der Waals surface area contributed by atoms with Crippen LogP contribution < -0.4 is 19.5 Å². The second-order valence-corrected chi connectivity index (χ2v) is 7.58. The van der Waals surface area contributed by atoms with Crippen molar-refractivity contribution in [1.82, 2.24) is 4.98 Å². The summed E-state index contributed by atoms with van der Waals surface area (Å²) in [6.07, 6.45) is 3.77. The summed E-state index contributed by atoms with van der Waals surface area (Å²) in [4.78, 5) is 16.3. The first kappa shape index (κ1) is 22.8. The number of thiazole rings is 1. The minimum absolute atomic E-state index is 0.0377. The smallest absolute Gasteiger partial charge is 0.268 e. The van der Waals surface area contributed by atoms with E-state index in [1.54, 1.807) is 29.8 Å². The molecule has 0 spiro atoms. The van der Waals surface area contributed by atoms with Crippen molar-refractivity contribution in [1.29, 1.82) is 5.26 Å². The summed E-state index contributed by atoms with van der Waals surface area (Å²) in [6, 6.07) is 15.0. The second kappa shape index (κ2) is 11.5. The van der Waals surface area contributed by atoms with E-state index in [2.05, 4.69) is 10.3 Å². The monoisotopic (exact) mass is 449 g/mol. The molecule has 8 heteroatoms. The highest BCUT2D eigenvalue weighted by Crippen LogP contribution is 2.29. The van der Waals surface area contributed by atoms with Gasteiger partial charge in [-0.25, -0.2) is 4.98 Å². The number of anilines is 1. The molecule has 1 amide bonds. The maximum atomic E-state index is 12.3. The summed E-state index contributed by atoms with van der Waals surface area (Å²) >= 11 is 1.28. The SMILES string of the molecule is COc1cc(/C=C(/C#N)C(=O)Nc2nccs2)ccc1OCCCOc1ccccc1C. The number of carbonyl (C=O) groups excluding carboxylic acids is 1. The molecule has 0 saturated heterocycles. The zero-order chi connectivity index (χ0) is 22.8. The van der Waals surface area contributed by atoms with Gasteiger partial charge in [0.15, 0.2) is 16.6 Å². The number of carbonyl (C=O) groups is 1. The Bertz CT molecular complexity index is 1120. The van der Waals surface area contributed by atoms with E-state index < -0.39 is 5.91 Å². The van der Waals surface area contributed by atoms with Crippen molar-refractivity contribution in [3.05, 3.63) is 70.7 Å². The number of hydrogen-bond acceptors (Lipinski definition) is 7. The molecule has 164 valence electrons. The topological polar surface area (TPSA) is 93.5 Å². The Labute approximate surface area is 190 Å². The van der Waals surface area contributed by atoms with Crippen molar-refractivity contribution >= 4 is 28.5 Å². The highest BCUT2D eigenvalue weighted by atomic mass is 32.1. The van der Waals surface area contributed by atoms with Crippen molar-refractivity contribution in [3.63, 3.8) is 0 Å². The maximum Gasteiger partial charge on any atom is 0.268 e. The molecule has 1 aromatic heterocycles. The number of nitrogens with one attached hydrogen (secondary N) is 1. The van der Waals surface area contributed by atoms with Crippen molar-refractivity contribution < 1.29 is 19.0 Å². The van der Waals surface area contributed by atoms with Crippen molar-refractivity contribution in [3.8, 4) is 23.3 Å². The van der Waals surface area contributed by atoms with Gasteiger partial charge in [-0.05, 0) is 42.3 Å². The molecule has 0 aliphatic heterocycles. The fourth-order valence-electron chi connectivity index (χ4n) is 2.80. The van der Waals surface area contributed by atoms with E-state index in [1.807, 2.05) is 37.3 Å². The molecule has 1 heterocycles. The molecule has 0 fully saturated rings. The standard InChI is InChI=1S/C24H23N3O4S/c1-17-6-3-4-7-20(17)30-11-5-12-31-21-9-8-18(15-22(21)29-2)14-19(16-25)23(28)27-24-26-10-13-32-24/h3-4,6-10,13-15H,5,11-12H2,1-2H3,(H,26,27,28)/b19-14-. The maximum absolute atomic E-state index is 12.3. The van der Waals surface area contributed by atoms with Crippen LogP contribution in [0.3, 0.4) is 0 Å². The quantitative estimate of drug-likeness (QED) is 0.270. The van der Waals surface area contributed by atoms with Gasteiger partial charge in [0.1, 0.15) is 17.4 Å². The van der Waals surface area contributed by atoms with Crippen molar-refractivity contribution in [2.75, 3.05) is 25.6 Å². The predicted octanol–water partition coefficient (Wildman–Crippen LogP) is 4.85. The summed E-state index contributed by atoms with van der Waals surface area (Å²) in [5, 5.41) is 14.1. The van der Waals surface area contributed by atoms with Gasteiger partial charge in [-0.1, -0.05) is 24.3 Å². The Kier molecular flexibility index (Phi) is 8.23. The number of nitriles is 1. The van der Waals surface area contributed by atoms with E-state index in [1.165, 1.54) is 24.5 Å². The number of ether oxygens (including phenoxy) is 3. The second-order valence-electron chi connectivity index (χ2n) is 6.69. The number of para-hydroxylation sites is 1. The Morgan fingerprint density at radius 1 is 1.16 bits per heavy atom. The number of rotatable bonds is 10. The molecule has 32 heavy (non-hydrogen) atoms. The Hall–Kier alpha value is -3.83. The molecule has 3 aromatic rings. The van der Waals surface area contributed by atoms with E-state index >= 15 is 0 Å². The van der Waals surface area contributed by atoms with Crippen LogP contribution >= 0.6 is 11.3 Å². The Morgan fingerprint density at radius 3 is 2.62 bits per heavy atom. The average molecular weight is 450 g/mol. The van der Waals surface area contributed by atoms with Crippen molar-refractivity contribution in [2.24, 2.45) is 0 Å². The van der Waals surface area contributed by atoms with Gasteiger partial charge < -0.3 is 14.2 Å². The van der Waals surface area contributed by atoms with Gasteiger partial charge in [-0.2, -0.15) is 5.26 Å². The largest absolute Gasteiger partial charge is 0.493 e. The zero-order valence-corrected chi connectivity index (χ0v) is 18.6. The summed E-state index contributed by atoms with van der Waals surface area (Å²) in [6.45, 7) is 3.00. The van der Waals surface area contributed by atoms with Gasteiger partial charge in [0.2, 0.25) is 0 Å². The predicted molar refractivity (Wildman–Crippen MR) is 124 cm³/mol. The van der Waals surface area contributed by atoms with Gasteiger partial charge in [0.25, 0.3) is 5.91 Å². The molecular weight excluding hydrogens is 426 g/mol. The lowest BCUT2D eigenvalue weighted by Gasteiger charge is -2.12. The number of hydrogen-bond donors (Lipinski definition) is 1. The third-order valence-corrected chi connectivity index (χ3v) is 5.10. The van der Waals surface area contributed by atoms with Gasteiger partial charge in [-0.3, -0.25) is 10.1 Å². The third kappa shape index (κ3) is 6.33. The molecule has 0 bridgehead atoms. The summed E-state index contributed by atoms with van der Waals surface area (Å²) in [5.41, 5.74) is 1.70. The fourth-order valence-corrected chi connectivity index (χ4v) is 3.32. The normalized spacial score (nSPS) is 10.8. The Balaban J connectivity index is 1.57. The van der Waals surface area contributed by atoms with E-state index in [9.17, 15) is 10.1 Å². The first-order valence-corrected chi connectivity index (χ1v) is 10.8. The summed E-state index contributed by atoms with van der Waals surface area (Å²) in [7, 11) is 1.54. The molecule has 0 radical (unpaired) electrons. The van der Waals surface area contributed by atoms with Crippen LogP contribution in [0.1, 0.15) is 17.5 Å². The molecule has 0 saturated carbocycles. The molecule has 2 aromatic carbocycles. The highest BCUT2D eigenvalue weighted by molar-refractivity contribution is 7.13. The molecule has 0 aliphatic rings. The lowest BCUT2D eigenvalue weighted by molar-refractivity contribution is -0.112. The zero-order valence-electron chi connectivity index (χ0n) is 17.8. The fraction of sp³-hybridized carbons (Fsp3) is 0.208. The van der Waals surface area contributed by atoms with E-state index in [0.717, 1.165) is 11.3 Å². The van der Waals surface area contributed by atoms with Crippen LogP contribution in [0, 0.1) is 18.3 Å². The van der Waals surface area contributed by atoms with E-state index in [0.29, 0.717) is 41.8 Å². The number of aryl methyl sites for hydroxylation is 1. The van der Waals surface area contributed by atoms with Gasteiger partial charge in [0, 0.05) is 18.0 Å². The lowest BCUT2D eigenvalue weighted by atomic mass is 10.1. The molecule has 0 aliphatic carbocycles. The molecule has 0 atom stereocenters. The van der Waals surface area contributed by atoms with Crippen LogP contribution in [0.15, 0.2) is 59.6 Å². The third-order valence-electron chi connectivity index (χ3n) is 4.41. The van der Waals surface area contributed by atoms with Crippen LogP contribution in [0.25, 0.3) is 6.08 Å². The number of amides is 1. The van der Waals surface area contributed by atoms with Crippen LogP contribution in [-0.2, 0) is 4.79 Å². The van der Waals surface area contributed by atoms with Gasteiger partial charge in [-0.15, -0.1) is 11.3 Å². The van der Waals surface area contributed by atoms with Gasteiger partial charge >= 0.3 is 0 Å². The molecular formula is C24H23N3O4S. The van der Waals surface area contributed by atoms with Crippen molar-refractivity contribution in [2.45, 2.75) is 13.3 Å². The highest BCUT2D eigenvalue weighted by Gasteiger charge is 2.12. The summed E-state index contributed by atoms with van der Waals surface area (Å²) < 4.78 is 17.0. The number of methoxy groups -OCH3 is 1. The molecule has 3 rings (SSSR count). The average Bonchev–Trinajstić information content (AvgIpc) is 3.31. The first-order chi connectivity index (χ1) is 15.6. The molecule has 7 nitrogen and oxygen atoms in total. The van der Waals surface area contributed by atoms with Gasteiger partial charge in [0.05, 0.1) is 20.3 Å². The van der Waals surface area contributed by atoms with E-state index in [4.69, 9.17) is 14.2 Å². The Morgan fingerprint density at radius 2 is 1.94 bits per heavy atom. The minimum atomic E-state index is -0.518. The lowest BCUT2D eigenvalue weighted by Crippen LogP contribution is -2.13. The van der Waals surface area contributed by atoms with Crippen LogP contribution in [0.2, 0.25) is 0 Å². The van der Waals surface area contributed by atoms with Crippen LogP contribution in [0.4, 0.5) is 5.13 Å². The molecule has 1 N–H and O–H groups in total. The van der Waals surface area contributed by atoms with Crippen LogP contribution in [-0.4, -0.2) is 31.2 Å². The number of aromatic nitrogens is 1. The minimum Gasteiger partial charge on any atom is -0.493 e. The number of nitrogens with zero attached hydrogens (tertiary/aromatic N) is 2. The van der Waals surface area contributed by atoms with E-state index in [-0.39, 0.29) is 5.57 Å². The number of benzene rings is 2. The summed E-state index contributed by atoms with van der Waals surface area (Å²) in [5.74, 6) is 1.44. The van der Waals surface area contributed by atoms with Crippen LogP contribution in [0.5, 0.6) is 17.2 Å². The molecule has 0 unspecified atom stereocenters. The first-order valence-electron chi connectivity index (χ1n) is 9.92.